The molecular formula is C18H20N2O3. The third kappa shape index (κ3) is 2.70. The van der Waals surface area contributed by atoms with E-state index in [1.54, 1.807) is 21.3 Å². The highest BCUT2D eigenvalue weighted by Crippen LogP contribution is 2.46. The van der Waals surface area contributed by atoms with Gasteiger partial charge in [0.15, 0.2) is 11.5 Å². The van der Waals surface area contributed by atoms with Gasteiger partial charge in [-0.15, -0.1) is 0 Å². The van der Waals surface area contributed by atoms with Crippen molar-refractivity contribution in [2.75, 3.05) is 39.7 Å². The number of nitrogens with one attached hydrogen (secondary N) is 1. The molecule has 23 heavy (non-hydrogen) atoms. The number of aliphatic imine (C=N–C) groups is 1. The number of fused-ring (bicyclic) bond motifs is 1. The summed E-state index contributed by atoms with van der Waals surface area (Å²) in [5.41, 5.74) is 3.81. The molecule has 5 nitrogen and oxygen atoms in total. The molecule has 1 aliphatic rings. The van der Waals surface area contributed by atoms with Gasteiger partial charge in [-0.25, -0.2) is 0 Å². The number of methoxy groups -OCH3 is 3. The Balaban J connectivity index is 2.26. The van der Waals surface area contributed by atoms with Crippen LogP contribution in [0.15, 0.2) is 41.4 Å². The van der Waals surface area contributed by atoms with Crippen molar-refractivity contribution in [3.8, 4) is 17.2 Å². The molecule has 0 atom stereocenters. The number of rotatable bonds is 4. The predicted molar refractivity (Wildman–Crippen MR) is 91.5 cm³/mol. The first-order valence-corrected chi connectivity index (χ1v) is 7.47. The van der Waals surface area contributed by atoms with E-state index in [1.807, 2.05) is 24.3 Å². The van der Waals surface area contributed by atoms with Crippen LogP contribution in [0.5, 0.6) is 17.2 Å². The summed E-state index contributed by atoms with van der Waals surface area (Å²) in [4.78, 5) is 4.74. The molecule has 2 aromatic carbocycles. The van der Waals surface area contributed by atoms with Gasteiger partial charge in [0.1, 0.15) is 0 Å². The second-order valence-corrected chi connectivity index (χ2v) is 5.09. The minimum absolute atomic E-state index is 0.579. The molecular weight excluding hydrogens is 292 g/mol. The number of nitrogens with zero attached hydrogens (tertiary/aromatic N) is 1. The number of ether oxygens (including phenoxy) is 3. The maximum atomic E-state index is 5.59. The van der Waals surface area contributed by atoms with Gasteiger partial charge in [0, 0.05) is 17.7 Å². The van der Waals surface area contributed by atoms with Crippen LogP contribution in [0.2, 0.25) is 0 Å². The van der Waals surface area contributed by atoms with E-state index in [-0.39, 0.29) is 0 Å². The second-order valence-electron chi connectivity index (χ2n) is 5.09. The molecule has 0 bridgehead atoms. The average Bonchev–Trinajstić information content (AvgIpc) is 2.82. The third-order valence-corrected chi connectivity index (χ3v) is 3.82. The zero-order valence-electron chi connectivity index (χ0n) is 13.6. The van der Waals surface area contributed by atoms with Crippen molar-refractivity contribution in [1.82, 2.24) is 0 Å². The first-order chi connectivity index (χ1) is 11.3. The molecule has 120 valence electrons. The Morgan fingerprint density at radius 3 is 2.35 bits per heavy atom. The van der Waals surface area contributed by atoms with E-state index in [0.717, 1.165) is 29.1 Å². The zero-order valence-corrected chi connectivity index (χ0v) is 13.6. The van der Waals surface area contributed by atoms with Crippen molar-refractivity contribution in [2.24, 2.45) is 4.99 Å². The van der Waals surface area contributed by atoms with Crippen LogP contribution in [0, 0.1) is 0 Å². The molecule has 5 heteroatoms. The van der Waals surface area contributed by atoms with E-state index in [9.17, 15) is 0 Å². The lowest BCUT2D eigenvalue weighted by Gasteiger charge is -2.19. The van der Waals surface area contributed by atoms with Crippen molar-refractivity contribution in [2.45, 2.75) is 0 Å². The molecule has 0 fully saturated rings. The van der Waals surface area contributed by atoms with E-state index >= 15 is 0 Å². The molecule has 0 aromatic heterocycles. The Morgan fingerprint density at radius 2 is 1.70 bits per heavy atom. The van der Waals surface area contributed by atoms with Gasteiger partial charge in [0.25, 0.3) is 0 Å². The first-order valence-electron chi connectivity index (χ1n) is 7.47. The molecule has 0 saturated heterocycles. The molecule has 0 aliphatic carbocycles. The van der Waals surface area contributed by atoms with Gasteiger partial charge in [-0.3, -0.25) is 4.99 Å². The number of benzene rings is 2. The monoisotopic (exact) mass is 312 g/mol. The summed E-state index contributed by atoms with van der Waals surface area (Å²) in [5.74, 6) is 1.83. The second kappa shape index (κ2) is 6.60. The minimum Gasteiger partial charge on any atom is -0.493 e. The topological polar surface area (TPSA) is 52.1 Å². The van der Waals surface area contributed by atoms with E-state index in [4.69, 9.17) is 19.2 Å². The van der Waals surface area contributed by atoms with E-state index in [1.165, 1.54) is 0 Å². The van der Waals surface area contributed by atoms with Crippen molar-refractivity contribution >= 4 is 11.4 Å². The normalized spacial score (nSPS) is 13.3. The van der Waals surface area contributed by atoms with Crippen molar-refractivity contribution in [3.63, 3.8) is 0 Å². The molecule has 0 spiro atoms. The van der Waals surface area contributed by atoms with Crippen molar-refractivity contribution in [1.29, 1.82) is 0 Å². The van der Waals surface area contributed by atoms with Crippen LogP contribution in [-0.4, -0.2) is 40.1 Å². The Labute approximate surface area is 135 Å². The Kier molecular flexibility index (Phi) is 4.37. The summed E-state index contributed by atoms with van der Waals surface area (Å²) in [5, 5.41) is 3.40. The highest BCUT2D eigenvalue weighted by molar-refractivity contribution is 6.17. The lowest BCUT2D eigenvalue weighted by Crippen LogP contribution is -2.09. The highest BCUT2D eigenvalue weighted by Gasteiger charge is 2.25. The Bertz CT molecular complexity index is 727. The van der Waals surface area contributed by atoms with E-state index in [0.29, 0.717) is 23.8 Å². The van der Waals surface area contributed by atoms with Gasteiger partial charge in [-0.05, 0) is 6.07 Å². The standard InChI is InChI=1S/C18H20N2O3/c1-21-14-11-13-15(12-7-5-4-6-8-12)19-9-10-20-16(13)18(23-3)17(14)22-2/h4-8,11,20H,9-10H2,1-3H3. The first kappa shape index (κ1) is 15.2. The number of hydrogen-bond donors (Lipinski definition) is 1. The summed E-state index contributed by atoms with van der Waals surface area (Å²) in [6.07, 6.45) is 0. The van der Waals surface area contributed by atoms with Crippen molar-refractivity contribution < 1.29 is 14.2 Å². The van der Waals surface area contributed by atoms with E-state index in [2.05, 4.69) is 17.4 Å². The molecule has 1 aliphatic heterocycles. The zero-order chi connectivity index (χ0) is 16.2. The molecule has 2 aromatic rings. The maximum absolute atomic E-state index is 5.59. The highest BCUT2D eigenvalue weighted by atomic mass is 16.5. The smallest absolute Gasteiger partial charge is 0.205 e. The molecule has 3 rings (SSSR count). The van der Waals surface area contributed by atoms with Crippen LogP contribution in [0.4, 0.5) is 5.69 Å². The summed E-state index contributed by atoms with van der Waals surface area (Å²) in [6.45, 7) is 1.42. The van der Waals surface area contributed by atoms with Crippen LogP contribution in [0.3, 0.4) is 0 Å². The third-order valence-electron chi connectivity index (χ3n) is 3.82. The van der Waals surface area contributed by atoms with Gasteiger partial charge in [-0.1, -0.05) is 30.3 Å². The number of benzodiazepines with no additional fused rings is 1. The van der Waals surface area contributed by atoms with Gasteiger partial charge >= 0.3 is 0 Å². The van der Waals surface area contributed by atoms with Gasteiger partial charge in [0.2, 0.25) is 5.75 Å². The summed E-state index contributed by atoms with van der Waals surface area (Å²) < 4.78 is 16.6. The molecule has 0 amide bonds. The summed E-state index contributed by atoms with van der Waals surface area (Å²) in [6, 6.07) is 12.1. The summed E-state index contributed by atoms with van der Waals surface area (Å²) in [7, 11) is 4.85. The fraction of sp³-hybridized carbons (Fsp3) is 0.278. The van der Waals surface area contributed by atoms with Gasteiger partial charge in [-0.2, -0.15) is 0 Å². The predicted octanol–water partition coefficient (Wildman–Crippen LogP) is 2.98. The van der Waals surface area contributed by atoms with Crippen LogP contribution in [0.25, 0.3) is 0 Å². The molecule has 0 unspecified atom stereocenters. The largest absolute Gasteiger partial charge is 0.493 e. The average molecular weight is 312 g/mol. The molecule has 0 radical (unpaired) electrons. The van der Waals surface area contributed by atoms with E-state index < -0.39 is 0 Å². The van der Waals surface area contributed by atoms with Gasteiger partial charge in [0.05, 0.1) is 39.3 Å². The Morgan fingerprint density at radius 1 is 0.957 bits per heavy atom. The number of anilines is 1. The number of hydrogen-bond acceptors (Lipinski definition) is 5. The summed E-state index contributed by atoms with van der Waals surface area (Å²) >= 11 is 0. The minimum atomic E-state index is 0.579. The van der Waals surface area contributed by atoms with Crippen LogP contribution in [-0.2, 0) is 0 Å². The van der Waals surface area contributed by atoms with Crippen LogP contribution < -0.4 is 19.5 Å². The fourth-order valence-electron chi connectivity index (χ4n) is 2.80. The van der Waals surface area contributed by atoms with Crippen LogP contribution >= 0.6 is 0 Å². The Hall–Kier alpha value is -2.69. The maximum Gasteiger partial charge on any atom is 0.205 e. The molecule has 1 N–H and O–H groups in total. The van der Waals surface area contributed by atoms with Gasteiger partial charge < -0.3 is 19.5 Å². The SMILES string of the molecule is COc1cc2c(c(OC)c1OC)NCCN=C2c1ccccc1. The lowest BCUT2D eigenvalue weighted by molar-refractivity contribution is 0.325. The van der Waals surface area contributed by atoms with Crippen LogP contribution in [0.1, 0.15) is 11.1 Å². The molecule has 0 saturated carbocycles. The lowest BCUT2D eigenvalue weighted by atomic mass is 9.99. The van der Waals surface area contributed by atoms with Crippen molar-refractivity contribution in [3.05, 3.63) is 47.5 Å². The molecule has 1 heterocycles. The quantitative estimate of drug-likeness (QED) is 0.943. The fourth-order valence-corrected chi connectivity index (χ4v) is 2.80.